The molecule has 4 heteroatoms. The van der Waals surface area contributed by atoms with Crippen molar-refractivity contribution in [3.8, 4) is 0 Å². The molecule has 0 spiro atoms. The summed E-state index contributed by atoms with van der Waals surface area (Å²) in [5.74, 6) is 0.706. The van der Waals surface area contributed by atoms with Gasteiger partial charge in [0.15, 0.2) is 0 Å². The molecule has 0 unspecified atom stereocenters. The molecule has 2 N–H and O–H groups in total. The maximum Gasteiger partial charge on any atom is 0.258 e. The Kier molecular flexibility index (Phi) is 3.46. The second-order valence-corrected chi connectivity index (χ2v) is 4.57. The zero-order valence-corrected chi connectivity index (χ0v) is 11.0. The van der Waals surface area contributed by atoms with E-state index in [9.17, 15) is 4.79 Å². The molecule has 0 saturated heterocycles. The molecule has 0 aliphatic heterocycles. The average Bonchev–Trinajstić information content (AvgIpc) is 2.48. The van der Waals surface area contributed by atoms with Crippen molar-refractivity contribution < 1.29 is 0 Å². The minimum atomic E-state index is -0.0784. The molecule has 4 nitrogen and oxygen atoms in total. The average molecular weight is 265 g/mol. The zero-order valence-electron chi connectivity index (χ0n) is 11.0. The summed E-state index contributed by atoms with van der Waals surface area (Å²) in [4.78, 5) is 19.2. The van der Waals surface area contributed by atoms with Gasteiger partial charge in [0.1, 0.15) is 5.82 Å². The highest BCUT2D eigenvalue weighted by Gasteiger charge is 2.02. The van der Waals surface area contributed by atoms with E-state index in [1.807, 2.05) is 48.5 Å². The molecule has 1 aromatic heterocycles. The van der Waals surface area contributed by atoms with Crippen molar-refractivity contribution in [2.45, 2.75) is 6.42 Å². The Morgan fingerprint density at radius 2 is 1.75 bits per heavy atom. The summed E-state index contributed by atoms with van der Waals surface area (Å²) in [6.45, 7) is 0.727. The molecule has 0 amide bonds. The van der Waals surface area contributed by atoms with Crippen LogP contribution in [0.3, 0.4) is 0 Å². The number of rotatable bonds is 4. The molecule has 2 aromatic carbocycles. The summed E-state index contributed by atoms with van der Waals surface area (Å²) in [5.41, 5.74) is 1.73. The van der Waals surface area contributed by atoms with Crippen LogP contribution < -0.4 is 10.9 Å². The molecule has 0 atom stereocenters. The van der Waals surface area contributed by atoms with Gasteiger partial charge in [-0.15, -0.1) is 0 Å². The lowest BCUT2D eigenvalue weighted by Gasteiger charge is -2.06. The van der Waals surface area contributed by atoms with Crippen LogP contribution in [0.1, 0.15) is 5.82 Å². The fraction of sp³-hybridized carbons (Fsp3) is 0.125. The predicted molar refractivity (Wildman–Crippen MR) is 81.0 cm³/mol. The molecule has 0 aliphatic carbocycles. The van der Waals surface area contributed by atoms with Gasteiger partial charge < -0.3 is 10.3 Å². The minimum absolute atomic E-state index is 0.0784. The van der Waals surface area contributed by atoms with E-state index in [0.717, 1.165) is 17.7 Å². The summed E-state index contributed by atoms with van der Waals surface area (Å²) < 4.78 is 0. The van der Waals surface area contributed by atoms with E-state index >= 15 is 0 Å². The van der Waals surface area contributed by atoms with Crippen LogP contribution in [0.25, 0.3) is 10.9 Å². The Morgan fingerprint density at radius 1 is 1.00 bits per heavy atom. The van der Waals surface area contributed by atoms with E-state index in [0.29, 0.717) is 17.6 Å². The first-order valence-electron chi connectivity index (χ1n) is 6.60. The number of hydrogen-bond donors (Lipinski definition) is 2. The molecule has 3 rings (SSSR count). The van der Waals surface area contributed by atoms with Crippen LogP contribution in [0.2, 0.25) is 0 Å². The van der Waals surface area contributed by atoms with Gasteiger partial charge in [0.05, 0.1) is 10.9 Å². The van der Waals surface area contributed by atoms with Crippen molar-refractivity contribution in [3.63, 3.8) is 0 Å². The Hall–Kier alpha value is -2.62. The number of anilines is 1. The quantitative estimate of drug-likeness (QED) is 0.762. The highest BCUT2D eigenvalue weighted by molar-refractivity contribution is 5.77. The van der Waals surface area contributed by atoms with Crippen LogP contribution in [0, 0.1) is 0 Å². The van der Waals surface area contributed by atoms with E-state index < -0.39 is 0 Å². The predicted octanol–water partition coefficient (Wildman–Crippen LogP) is 2.58. The molecular weight excluding hydrogens is 250 g/mol. The fourth-order valence-electron chi connectivity index (χ4n) is 2.13. The van der Waals surface area contributed by atoms with E-state index in [1.165, 1.54) is 0 Å². The lowest BCUT2D eigenvalue weighted by molar-refractivity contribution is 0.897. The number of aromatic amines is 1. The molecule has 0 bridgehead atoms. The van der Waals surface area contributed by atoms with Crippen molar-refractivity contribution in [1.82, 2.24) is 9.97 Å². The molecule has 100 valence electrons. The number of fused-ring (bicyclic) bond motifs is 1. The summed E-state index contributed by atoms with van der Waals surface area (Å²) in [6, 6.07) is 17.3. The Morgan fingerprint density at radius 3 is 2.60 bits per heavy atom. The largest absolute Gasteiger partial charge is 0.385 e. The first-order valence-corrected chi connectivity index (χ1v) is 6.60. The molecule has 0 fully saturated rings. The van der Waals surface area contributed by atoms with Gasteiger partial charge in [-0.05, 0) is 24.3 Å². The summed E-state index contributed by atoms with van der Waals surface area (Å²) >= 11 is 0. The van der Waals surface area contributed by atoms with E-state index in [1.54, 1.807) is 6.07 Å². The number of nitrogens with one attached hydrogen (secondary N) is 2. The van der Waals surface area contributed by atoms with E-state index in [2.05, 4.69) is 15.3 Å². The third-order valence-corrected chi connectivity index (χ3v) is 3.13. The lowest BCUT2D eigenvalue weighted by atomic mass is 10.2. The monoisotopic (exact) mass is 265 g/mol. The van der Waals surface area contributed by atoms with E-state index in [4.69, 9.17) is 0 Å². The molecule has 20 heavy (non-hydrogen) atoms. The van der Waals surface area contributed by atoms with Crippen molar-refractivity contribution in [3.05, 3.63) is 70.8 Å². The topological polar surface area (TPSA) is 57.8 Å². The van der Waals surface area contributed by atoms with Gasteiger partial charge in [0.25, 0.3) is 5.56 Å². The van der Waals surface area contributed by atoms with Crippen LogP contribution in [0.4, 0.5) is 5.69 Å². The minimum Gasteiger partial charge on any atom is -0.385 e. The SMILES string of the molecule is O=c1[nH]c(CCNc2ccccc2)nc2ccccc12. The van der Waals surface area contributed by atoms with Gasteiger partial charge in [-0.1, -0.05) is 30.3 Å². The number of para-hydroxylation sites is 2. The third kappa shape index (κ3) is 2.69. The molecule has 3 aromatic rings. The number of hydrogen-bond acceptors (Lipinski definition) is 3. The molecular formula is C16H15N3O. The summed E-state index contributed by atoms with van der Waals surface area (Å²) in [5, 5.41) is 3.93. The summed E-state index contributed by atoms with van der Waals surface area (Å²) in [6.07, 6.45) is 0.676. The van der Waals surface area contributed by atoms with Crippen molar-refractivity contribution in [2.75, 3.05) is 11.9 Å². The Labute approximate surface area is 116 Å². The second-order valence-electron chi connectivity index (χ2n) is 4.57. The first-order chi connectivity index (χ1) is 9.83. The number of aromatic nitrogens is 2. The summed E-state index contributed by atoms with van der Waals surface area (Å²) in [7, 11) is 0. The Balaban J connectivity index is 1.73. The van der Waals surface area contributed by atoms with Gasteiger partial charge in [0, 0.05) is 18.7 Å². The van der Waals surface area contributed by atoms with Crippen molar-refractivity contribution >= 4 is 16.6 Å². The fourth-order valence-corrected chi connectivity index (χ4v) is 2.13. The van der Waals surface area contributed by atoms with Crippen LogP contribution >= 0.6 is 0 Å². The second kappa shape index (κ2) is 5.57. The zero-order chi connectivity index (χ0) is 13.8. The maximum absolute atomic E-state index is 11.9. The van der Waals surface area contributed by atoms with Gasteiger partial charge >= 0.3 is 0 Å². The van der Waals surface area contributed by atoms with Crippen LogP contribution in [-0.4, -0.2) is 16.5 Å². The van der Waals surface area contributed by atoms with Crippen LogP contribution in [0.15, 0.2) is 59.4 Å². The number of benzene rings is 2. The number of nitrogens with zero attached hydrogens (tertiary/aromatic N) is 1. The highest BCUT2D eigenvalue weighted by Crippen LogP contribution is 2.07. The Bertz CT molecular complexity index is 765. The lowest BCUT2D eigenvalue weighted by Crippen LogP contribution is -2.15. The van der Waals surface area contributed by atoms with Gasteiger partial charge in [-0.3, -0.25) is 4.79 Å². The molecule has 1 heterocycles. The molecule has 0 radical (unpaired) electrons. The number of H-pyrrole nitrogens is 1. The van der Waals surface area contributed by atoms with Crippen LogP contribution in [-0.2, 0) is 6.42 Å². The first kappa shape index (κ1) is 12.4. The van der Waals surface area contributed by atoms with E-state index in [-0.39, 0.29) is 5.56 Å². The molecule has 0 saturated carbocycles. The third-order valence-electron chi connectivity index (χ3n) is 3.13. The van der Waals surface area contributed by atoms with Crippen molar-refractivity contribution in [1.29, 1.82) is 0 Å². The van der Waals surface area contributed by atoms with Crippen molar-refractivity contribution in [2.24, 2.45) is 0 Å². The van der Waals surface area contributed by atoms with Crippen LogP contribution in [0.5, 0.6) is 0 Å². The smallest absolute Gasteiger partial charge is 0.258 e. The van der Waals surface area contributed by atoms with Gasteiger partial charge in [-0.25, -0.2) is 4.98 Å². The maximum atomic E-state index is 11.9. The van der Waals surface area contributed by atoms with Gasteiger partial charge in [0.2, 0.25) is 0 Å². The van der Waals surface area contributed by atoms with Gasteiger partial charge in [-0.2, -0.15) is 0 Å². The highest BCUT2D eigenvalue weighted by atomic mass is 16.1. The normalized spacial score (nSPS) is 10.6. The molecule has 0 aliphatic rings. The standard InChI is InChI=1S/C16H15N3O/c20-16-13-8-4-5-9-14(13)18-15(19-16)10-11-17-12-6-2-1-3-7-12/h1-9,17H,10-11H2,(H,18,19,20).